The second-order valence-corrected chi connectivity index (χ2v) is 5.23. The van der Waals surface area contributed by atoms with Crippen LogP contribution in [0.5, 0.6) is 5.75 Å². The van der Waals surface area contributed by atoms with Crippen LogP contribution < -0.4 is 4.74 Å². The van der Waals surface area contributed by atoms with Crippen molar-refractivity contribution in [3.05, 3.63) is 44.9 Å². The van der Waals surface area contributed by atoms with Crippen LogP contribution in [-0.4, -0.2) is 22.7 Å². The highest BCUT2D eigenvalue weighted by atomic mass is 35.5. The number of aryl methyl sites for hydroxylation is 1. The molecule has 0 bridgehead atoms. The van der Waals surface area contributed by atoms with Crippen LogP contribution in [-0.2, 0) is 6.42 Å². The topological polar surface area (TPSA) is 59.4 Å². The zero-order valence-electron chi connectivity index (χ0n) is 10.2. The van der Waals surface area contributed by atoms with Gasteiger partial charge in [-0.3, -0.25) is 0 Å². The summed E-state index contributed by atoms with van der Waals surface area (Å²) in [5.41, 5.74) is 2.84. The first-order valence-electron chi connectivity index (χ1n) is 5.63. The van der Waals surface area contributed by atoms with E-state index in [1.165, 1.54) is 6.07 Å². The smallest absolute Gasteiger partial charge is 0.339 e. The van der Waals surface area contributed by atoms with Gasteiger partial charge in [0.15, 0.2) is 5.75 Å². The Bertz CT molecular complexity index is 597. The lowest BCUT2D eigenvalue weighted by molar-refractivity contribution is 0.0692. The minimum Gasteiger partial charge on any atom is -0.491 e. The van der Waals surface area contributed by atoms with E-state index in [1.54, 1.807) is 29.0 Å². The Hall–Kier alpha value is -1.59. The Balaban J connectivity index is 2.07. The van der Waals surface area contributed by atoms with E-state index >= 15 is 0 Å². The minimum atomic E-state index is -1.05. The number of ether oxygens (including phenoxy) is 1. The predicted octanol–water partition coefficient (Wildman–Crippen LogP) is 3.42. The lowest BCUT2D eigenvalue weighted by Crippen LogP contribution is -2.06. The molecule has 0 saturated carbocycles. The fourth-order valence-electron chi connectivity index (χ4n) is 1.64. The molecule has 6 heteroatoms. The molecule has 2 rings (SSSR count). The van der Waals surface area contributed by atoms with Crippen molar-refractivity contribution in [3.63, 3.8) is 0 Å². The highest BCUT2D eigenvalue weighted by Gasteiger charge is 2.14. The molecular formula is C13H12ClNO3S. The molecule has 0 unspecified atom stereocenters. The third-order valence-electron chi connectivity index (χ3n) is 2.62. The number of benzene rings is 1. The van der Waals surface area contributed by atoms with Gasteiger partial charge in [-0.15, -0.1) is 11.3 Å². The number of hydrogen-bond acceptors (Lipinski definition) is 4. The SMILES string of the molecule is Cc1ncsc1CCOc1c(Cl)cccc1C(=O)O. The molecule has 0 radical (unpaired) electrons. The van der Waals surface area contributed by atoms with Gasteiger partial charge in [0.2, 0.25) is 0 Å². The number of aromatic carboxylic acids is 1. The molecule has 0 aliphatic heterocycles. The Labute approximate surface area is 119 Å². The summed E-state index contributed by atoms with van der Waals surface area (Å²) >= 11 is 7.53. The lowest BCUT2D eigenvalue weighted by Gasteiger charge is -2.10. The van der Waals surface area contributed by atoms with Crippen LogP contribution in [0.2, 0.25) is 5.02 Å². The van der Waals surface area contributed by atoms with Crippen LogP contribution in [0.4, 0.5) is 0 Å². The van der Waals surface area contributed by atoms with E-state index < -0.39 is 5.97 Å². The van der Waals surface area contributed by atoms with E-state index in [1.807, 2.05) is 6.92 Å². The molecule has 0 fully saturated rings. The van der Waals surface area contributed by atoms with Crippen LogP contribution in [0.1, 0.15) is 20.9 Å². The van der Waals surface area contributed by atoms with Gasteiger partial charge in [-0.1, -0.05) is 17.7 Å². The quantitative estimate of drug-likeness (QED) is 0.918. The van der Waals surface area contributed by atoms with E-state index in [4.69, 9.17) is 21.4 Å². The minimum absolute atomic E-state index is 0.0773. The predicted molar refractivity (Wildman–Crippen MR) is 74.5 cm³/mol. The fraction of sp³-hybridized carbons (Fsp3) is 0.231. The standard InChI is InChI=1S/C13H12ClNO3S/c1-8-11(19-7-15-8)5-6-18-12-9(13(16)17)3-2-4-10(12)14/h2-4,7H,5-6H2,1H3,(H,16,17). The van der Waals surface area contributed by atoms with Crippen LogP contribution in [0.15, 0.2) is 23.7 Å². The van der Waals surface area contributed by atoms with Crippen molar-refractivity contribution in [1.82, 2.24) is 4.98 Å². The number of halogens is 1. The number of carboxylic acids is 1. The third kappa shape index (κ3) is 3.24. The second kappa shape index (κ2) is 6.04. The molecule has 4 nitrogen and oxygen atoms in total. The summed E-state index contributed by atoms with van der Waals surface area (Å²) in [6.45, 7) is 2.30. The molecule has 0 saturated heterocycles. The lowest BCUT2D eigenvalue weighted by atomic mass is 10.2. The summed E-state index contributed by atoms with van der Waals surface area (Å²) in [4.78, 5) is 16.4. The number of hydrogen-bond donors (Lipinski definition) is 1. The van der Waals surface area contributed by atoms with Crippen molar-refractivity contribution in [2.24, 2.45) is 0 Å². The van der Waals surface area contributed by atoms with Crippen molar-refractivity contribution in [3.8, 4) is 5.75 Å². The molecular weight excluding hydrogens is 286 g/mol. The Morgan fingerprint density at radius 2 is 2.32 bits per heavy atom. The van der Waals surface area contributed by atoms with Crippen LogP contribution >= 0.6 is 22.9 Å². The number of thiazole rings is 1. The largest absolute Gasteiger partial charge is 0.491 e. The van der Waals surface area contributed by atoms with Crippen molar-refractivity contribution in [2.75, 3.05) is 6.61 Å². The number of para-hydroxylation sites is 1. The van der Waals surface area contributed by atoms with Crippen LogP contribution in [0.25, 0.3) is 0 Å². The molecule has 100 valence electrons. The maximum atomic E-state index is 11.1. The fourth-order valence-corrected chi connectivity index (χ4v) is 2.63. The molecule has 0 amide bonds. The summed E-state index contributed by atoms with van der Waals surface area (Å²) in [6, 6.07) is 4.68. The molecule has 19 heavy (non-hydrogen) atoms. The number of carboxylic acid groups (broad SMARTS) is 1. The van der Waals surface area contributed by atoms with E-state index in [0.29, 0.717) is 18.1 Å². The van der Waals surface area contributed by atoms with Crippen molar-refractivity contribution >= 4 is 28.9 Å². The second-order valence-electron chi connectivity index (χ2n) is 3.88. The van der Waals surface area contributed by atoms with Crippen LogP contribution in [0, 0.1) is 6.92 Å². The summed E-state index contributed by atoms with van der Waals surface area (Å²) in [5, 5.41) is 9.38. The summed E-state index contributed by atoms with van der Waals surface area (Å²) in [7, 11) is 0. The van der Waals surface area contributed by atoms with E-state index in [9.17, 15) is 4.79 Å². The van der Waals surface area contributed by atoms with Gasteiger partial charge < -0.3 is 9.84 Å². The Morgan fingerprint density at radius 1 is 1.53 bits per heavy atom. The molecule has 0 spiro atoms. The average molecular weight is 298 g/mol. The van der Waals surface area contributed by atoms with Gasteiger partial charge in [0, 0.05) is 11.3 Å². The first kappa shape index (κ1) is 13.8. The number of rotatable bonds is 5. The Kier molecular flexibility index (Phi) is 4.39. The van der Waals surface area contributed by atoms with Gasteiger partial charge in [0.05, 0.1) is 22.8 Å². The Morgan fingerprint density at radius 3 is 2.95 bits per heavy atom. The maximum Gasteiger partial charge on any atom is 0.339 e. The van der Waals surface area contributed by atoms with Gasteiger partial charge >= 0.3 is 5.97 Å². The summed E-state index contributed by atoms with van der Waals surface area (Å²) in [5.74, 6) is -0.828. The van der Waals surface area contributed by atoms with Gasteiger partial charge in [-0.25, -0.2) is 9.78 Å². The van der Waals surface area contributed by atoms with Gasteiger partial charge in [0.25, 0.3) is 0 Å². The van der Waals surface area contributed by atoms with Gasteiger partial charge in [0.1, 0.15) is 5.56 Å². The first-order chi connectivity index (χ1) is 9.09. The molecule has 2 aromatic rings. The van der Waals surface area contributed by atoms with Crippen molar-refractivity contribution in [1.29, 1.82) is 0 Å². The molecule has 1 N–H and O–H groups in total. The van der Waals surface area contributed by atoms with Gasteiger partial charge in [-0.2, -0.15) is 0 Å². The van der Waals surface area contributed by atoms with Crippen molar-refractivity contribution < 1.29 is 14.6 Å². The van der Waals surface area contributed by atoms with Gasteiger partial charge in [-0.05, 0) is 19.1 Å². The van der Waals surface area contributed by atoms with E-state index in [0.717, 1.165) is 10.6 Å². The highest BCUT2D eigenvalue weighted by molar-refractivity contribution is 7.09. The monoisotopic (exact) mass is 297 g/mol. The maximum absolute atomic E-state index is 11.1. The molecule has 0 atom stereocenters. The van der Waals surface area contributed by atoms with E-state index in [-0.39, 0.29) is 11.3 Å². The normalized spacial score (nSPS) is 10.4. The third-order valence-corrected chi connectivity index (χ3v) is 3.91. The zero-order chi connectivity index (χ0) is 13.8. The number of nitrogens with zero attached hydrogens (tertiary/aromatic N) is 1. The summed E-state index contributed by atoms with van der Waals surface area (Å²) in [6.07, 6.45) is 0.681. The first-order valence-corrected chi connectivity index (χ1v) is 6.89. The van der Waals surface area contributed by atoms with Crippen LogP contribution in [0.3, 0.4) is 0 Å². The molecule has 1 heterocycles. The number of carbonyl (C=O) groups is 1. The van der Waals surface area contributed by atoms with E-state index in [2.05, 4.69) is 4.98 Å². The average Bonchev–Trinajstić information content (AvgIpc) is 2.77. The molecule has 1 aromatic carbocycles. The highest BCUT2D eigenvalue weighted by Crippen LogP contribution is 2.29. The summed E-state index contributed by atoms with van der Waals surface area (Å²) < 4.78 is 5.52. The molecule has 0 aliphatic rings. The molecule has 1 aromatic heterocycles. The zero-order valence-corrected chi connectivity index (χ0v) is 11.8. The molecule has 0 aliphatic carbocycles. The number of aromatic nitrogens is 1. The van der Waals surface area contributed by atoms with Crippen molar-refractivity contribution in [2.45, 2.75) is 13.3 Å².